The van der Waals surface area contributed by atoms with E-state index < -0.39 is 27.9 Å². The fourth-order valence-electron chi connectivity index (χ4n) is 1.72. The topological polar surface area (TPSA) is 125 Å². The molecule has 8 nitrogen and oxygen atoms in total. The first kappa shape index (κ1) is 15.0. The molecule has 0 saturated carbocycles. The van der Waals surface area contributed by atoms with E-state index in [-0.39, 0.29) is 18.0 Å². The third-order valence-corrected chi connectivity index (χ3v) is 4.14. The Hall–Kier alpha value is -2.42. The van der Waals surface area contributed by atoms with Gasteiger partial charge >= 0.3 is 12.0 Å². The van der Waals surface area contributed by atoms with Crippen LogP contribution < -0.4 is 10.6 Å². The van der Waals surface area contributed by atoms with Crippen LogP contribution in [0.25, 0.3) is 0 Å². The van der Waals surface area contributed by atoms with Gasteiger partial charge in [-0.3, -0.25) is 0 Å². The van der Waals surface area contributed by atoms with Gasteiger partial charge in [-0.2, -0.15) is 0 Å². The predicted octanol–water partition coefficient (Wildman–Crippen LogP) is -0.110. The Morgan fingerprint density at radius 1 is 1.38 bits per heavy atom. The summed E-state index contributed by atoms with van der Waals surface area (Å²) >= 11 is 0. The van der Waals surface area contributed by atoms with E-state index in [1.54, 1.807) is 0 Å². The quantitative estimate of drug-likeness (QED) is 0.712. The molecular formula is C12H13N3O5S. The van der Waals surface area contributed by atoms with Gasteiger partial charge < -0.3 is 15.7 Å². The molecule has 0 saturated heterocycles. The molecule has 1 aromatic rings. The Labute approximate surface area is 120 Å². The summed E-state index contributed by atoms with van der Waals surface area (Å²) in [6, 6.07) is 1.83. The molecule has 1 unspecified atom stereocenters. The molecule has 1 aromatic heterocycles. The maximum Gasteiger partial charge on any atom is 0.354 e. The van der Waals surface area contributed by atoms with Crippen molar-refractivity contribution in [2.75, 3.05) is 5.75 Å². The molecule has 0 fully saturated rings. The first-order valence-electron chi connectivity index (χ1n) is 5.99. The summed E-state index contributed by atoms with van der Waals surface area (Å²) in [4.78, 5) is 25.9. The highest BCUT2D eigenvalue weighted by Gasteiger charge is 2.22. The van der Waals surface area contributed by atoms with Crippen LogP contribution in [0.3, 0.4) is 0 Å². The highest BCUT2D eigenvalue weighted by molar-refractivity contribution is 7.94. The number of amides is 2. The zero-order valence-corrected chi connectivity index (χ0v) is 11.6. The summed E-state index contributed by atoms with van der Waals surface area (Å²) in [5.41, 5.74) is 0.550. The van der Waals surface area contributed by atoms with Crippen molar-refractivity contribution in [1.29, 1.82) is 0 Å². The van der Waals surface area contributed by atoms with Crippen LogP contribution in [-0.4, -0.2) is 42.3 Å². The highest BCUT2D eigenvalue weighted by Crippen LogP contribution is 2.07. The van der Waals surface area contributed by atoms with Gasteiger partial charge in [-0.1, -0.05) is 6.07 Å². The average Bonchev–Trinajstić information content (AvgIpc) is 2.76. The predicted molar refractivity (Wildman–Crippen MR) is 73.3 cm³/mol. The van der Waals surface area contributed by atoms with Crippen LogP contribution in [0.1, 0.15) is 16.1 Å². The molecule has 1 aliphatic rings. The second-order valence-corrected chi connectivity index (χ2v) is 6.38. The van der Waals surface area contributed by atoms with Crippen molar-refractivity contribution in [3.8, 4) is 0 Å². The molecule has 112 valence electrons. The lowest BCUT2D eigenvalue weighted by atomic mass is 10.2. The van der Waals surface area contributed by atoms with Gasteiger partial charge in [0.1, 0.15) is 5.69 Å². The summed E-state index contributed by atoms with van der Waals surface area (Å²) in [5.74, 6) is -1.27. The number of aromatic carboxylic acids is 1. The number of aromatic nitrogens is 1. The molecule has 1 atom stereocenters. The lowest BCUT2D eigenvalue weighted by molar-refractivity contribution is 0.0690. The van der Waals surface area contributed by atoms with Crippen LogP contribution in [0.4, 0.5) is 4.79 Å². The molecule has 2 rings (SSSR count). The van der Waals surface area contributed by atoms with Gasteiger partial charge in [-0.15, -0.1) is 0 Å². The number of carboxylic acid groups (broad SMARTS) is 1. The molecule has 0 aliphatic carbocycles. The third kappa shape index (κ3) is 4.28. The number of carbonyl (C=O) groups is 2. The standard InChI is InChI=1S/C12H13N3O5S/c16-11(17)10-2-1-8(5-13-10)6-14-12(18)15-9-3-4-21(19,20)7-9/h1-5,9H,6-7H2,(H,16,17)(H2,14,15,18). The molecule has 21 heavy (non-hydrogen) atoms. The number of pyridine rings is 1. The molecule has 2 amide bonds. The van der Waals surface area contributed by atoms with Crippen LogP contribution in [0.15, 0.2) is 29.8 Å². The van der Waals surface area contributed by atoms with E-state index in [0.29, 0.717) is 5.56 Å². The second-order valence-electron chi connectivity index (χ2n) is 4.45. The van der Waals surface area contributed by atoms with Crippen molar-refractivity contribution >= 4 is 21.8 Å². The number of hydrogen-bond donors (Lipinski definition) is 3. The lowest BCUT2D eigenvalue weighted by Crippen LogP contribution is -2.42. The van der Waals surface area contributed by atoms with Crippen molar-refractivity contribution in [1.82, 2.24) is 15.6 Å². The zero-order valence-electron chi connectivity index (χ0n) is 10.8. The molecular weight excluding hydrogens is 298 g/mol. The first-order chi connectivity index (χ1) is 9.85. The summed E-state index contributed by atoms with van der Waals surface area (Å²) in [7, 11) is -3.21. The van der Waals surface area contributed by atoms with E-state index in [1.807, 2.05) is 0 Å². The number of carboxylic acids is 1. The highest BCUT2D eigenvalue weighted by atomic mass is 32.2. The van der Waals surface area contributed by atoms with Crippen molar-refractivity contribution in [3.05, 3.63) is 41.1 Å². The Balaban J connectivity index is 1.82. The minimum atomic E-state index is -3.21. The summed E-state index contributed by atoms with van der Waals surface area (Å²) in [5, 5.41) is 14.8. The summed E-state index contributed by atoms with van der Waals surface area (Å²) in [6.45, 7) is 0.155. The third-order valence-electron chi connectivity index (χ3n) is 2.74. The molecule has 2 heterocycles. The molecule has 0 bridgehead atoms. The van der Waals surface area contributed by atoms with E-state index in [0.717, 1.165) is 5.41 Å². The van der Waals surface area contributed by atoms with Gasteiger partial charge in [-0.05, 0) is 17.7 Å². The molecule has 3 N–H and O–H groups in total. The van der Waals surface area contributed by atoms with Gasteiger partial charge in [0.05, 0.1) is 11.8 Å². The van der Waals surface area contributed by atoms with E-state index >= 15 is 0 Å². The van der Waals surface area contributed by atoms with Crippen LogP contribution in [0.5, 0.6) is 0 Å². The van der Waals surface area contributed by atoms with Gasteiger partial charge in [0.25, 0.3) is 0 Å². The molecule has 1 aliphatic heterocycles. The van der Waals surface area contributed by atoms with E-state index in [4.69, 9.17) is 5.11 Å². The Morgan fingerprint density at radius 2 is 2.14 bits per heavy atom. The second kappa shape index (κ2) is 5.92. The van der Waals surface area contributed by atoms with Crippen molar-refractivity contribution in [2.24, 2.45) is 0 Å². The number of sulfone groups is 1. The summed E-state index contributed by atoms with van der Waals surface area (Å²) < 4.78 is 22.3. The monoisotopic (exact) mass is 311 g/mol. The zero-order chi connectivity index (χ0) is 15.5. The Bertz CT molecular complexity index is 681. The van der Waals surface area contributed by atoms with Gasteiger partial charge in [0.15, 0.2) is 9.84 Å². The number of nitrogens with one attached hydrogen (secondary N) is 2. The van der Waals surface area contributed by atoms with E-state index in [9.17, 15) is 18.0 Å². The van der Waals surface area contributed by atoms with E-state index in [2.05, 4.69) is 15.6 Å². The average molecular weight is 311 g/mol. The van der Waals surface area contributed by atoms with Crippen LogP contribution in [0, 0.1) is 0 Å². The smallest absolute Gasteiger partial charge is 0.354 e. The molecule has 9 heteroatoms. The van der Waals surface area contributed by atoms with Crippen LogP contribution >= 0.6 is 0 Å². The minimum absolute atomic E-state index is 0.0792. The number of nitrogens with zero attached hydrogens (tertiary/aromatic N) is 1. The van der Waals surface area contributed by atoms with Crippen LogP contribution in [0.2, 0.25) is 0 Å². The molecule has 0 aromatic carbocycles. The maximum absolute atomic E-state index is 11.6. The number of urea groups is 1. The fourth-order valence-corrected chi connectivity index (χ4v) is 2.96. The van der Waals surface area contributed by atoms with Gasteiger partial charge in [-0.25, -0.2) is 23.0 Å². The van der Waals surface area contributed by atoms with Crippen molar-refractivity contribution < 1.29 is 23.1 Å². The van der Waals surface area contributed by atoms with Crippen LogP contribution in [-0.2, 0) is 16.4 Å². The van der Waals surface area contributed by atoms with Gasteiger partial charge in [0, 0.05) is 18.1 Å². The molecule has 0 radical (unpaired) electrons. The normalized spacial score (nSPS) is 19.1. The number of hydrogen-bond acceptors (Lipinski definition) is 5. The number of carbonyl (C=O) groups excluding carboxylic acids is 1. The Kier molecular flexibility index (Phi) is 4.22. The maximum atomic E-state index is 11.6. The summed E-state index contributed by atoms with van der Waals surface area (Å²) in [6.07, 6.45) is 2.77. The minimum Gasteiger partial charge on any atom is -0.477 e. The molecule has 0 spiro atoms. The first-order valence-corrected chi connectivity index (χ1v) is 7.71. The van der Waals surface area contributed by atoms with Crippen molar-refractivity contribution in [2.45, 2.75) is 12.6 Å². The largest absolute Gasteiger partial charge is 0.477 e. The van der Waals surface area contributed by atoms with E-state index in [1.165, 1.54) is 24.4 Å². The Morgan fingerprint density at radius 3 is 2.67 bits per heavy atom. The SMILES string of the molecule is O=C(NCc1ccc(C(=O)O)nc1)NC1C=CS(=O)(=O)C1. The van der Waals surface area contributed by atoms with Crippen molar-refractivity contribution in [3.63, 3.8) is 0 Å². The fraction of sp³-hybridized carbons (Fsp3) is 0.250. The van der Waals surface area contributed by atoms with Gasteiger partial charge in [0.2, 0.25) is 0 Å². The number of rotatable bonds is 4. The lowest BCUT2D eigenvalue weighted by Gasteiger charge is -2.11.